The first-order valence-electron chi connectivity index (χ1n) is 9.25. The van der Waals surface area contributed by atoms with E-state index in [2.05, 4.69) is 30.0 Å². The first kappa shape index (κ1) is 19.6. The number of piperazine rings is 1. The average molecular weight is 384 g/mol. The third-order valence-electron chi connectivity index (χ3n) is 5.09. The molecule has 3 rings (SSSR count). The minimum absolute atomic E-state index is 0.336. The van der Waals surface area contributed by atoms with E-state index < -0.39 is 10.0 Å². The standard InChI is InChI=1S/C21H25N3O2S/c1-3-18-7-9-19(10-8-18)21(16-22)23-11-13-24(14-12-23)27(25,26)20-6-4-5-17(2)15-20/h4-10,15,21H,3,11-14H2,1-2H3. The highest BCUT2D eigenvalue weighted by Crippen LogP contribution is 2.25. The van der Waals surface area contributed by atoms with Crippen molar-refractivity contribution in [1.29, 1.82) is 5.26 Å². The molecule has 1 saturated heterocycles. The molecule has 1 aliphatic heterocycles. The quantitative estimate of drug-likeness (QED) is 0.796. The first-order chi connectivity index (χ1) is 13.0. The summed E-state index contributed by atoms with van der Waals surface area (Å²) in [4.78, 5) is 2.39. The van der Waals surface area contributed by atoms with Gasteiger partial charge in [0.2, 0.25) is 10.0 Å². The van der Waals surface area contributed by atoms with E-state index in [1.807, 2.05) is 25.1 Å². The van der Waals surface area contributed by atoms with Crippen molar-refractivity contribution in [3.05, 3.63) is 65.2 Å². The average Bonchev–Trinajstić information content (AvgIpc) is 2.69. The van der Waals surface area contributed by atoms with Crippen molar-refractivity contribution in [3.63, 3.8) is 0 Å². The van der Waals surface area contributed by atoms with Crippen LogP contribution < -0.4 is 0 Å². The Balaban J connectivity index is 1.71. The number of rotatable bonds is 5. The molecule has 0 saturated carbocycles. The van der Waals surface area contributed by atoms with Gasteiger partial charge in [-0.25, -0.2) is 8.42 Å². The van der Waals surface area contributed by atoms with Gasteiger partial charge in [0.15, 0.2) is 0 Å². The molecule has 0 radical (unpaired) electrons. The van der Waals surface area contributed by atoms with Crippen LogP contribution in [-0.4, -0.2) is 43.8 Å². The van der Waals surface area contributed by atoms with E-state index in [1.54, 1.807) is 18.2 Å². The van der Waals surface area contributed by atoms with E-state index in [-0.39, 0.29) is 6.04 Å². The molecule has 1 atom stereocenters. The van der Waals surface area contributed by atoms with E-state index >= 15 is 0 Å². The predicted octanol–water partition coefficient (Wildman–Crippen LogP) is 3.13. The van der Waals surface area contributed by atoms with Crippen LogP contribution in [0, 0.1) is 18.3 Å². The molecule has 2 aromatic rings. The van der Waals surface area contributed by atoms with Crippen molar-refractivity contribution in [1.82, 2.24) is 9.21 Å². The molecule has 1 heterocycles. The van der Waals surface area contributed by atoms with Crippen LogP contribution in [-0.2, 0) is 16.4 Å². The molecule has 142 valence electrons. The maximum atomic E-state index is 12.9. The lowest BCUT2D eigenvalue weighted by molar-refractivity contribution is 0.162. The van der Waals surface area contributed by atoms with Crippen LogP contribution in [0.4, 0.5) is 0 Å². The Hall–Kier alpha value is -2.20. The van der Waals surface area contributed by atoms with Crippen LogP contribution in [0.1, 0.15) is 29.7 Å². The van der Waals surface area contributed by atoms with Crippen LogP contribution in [0.15, 0.2) is 53.4 Å². The van der Waals surface area contributed by atoms with Gasteiger partial charge in [0.25, 0.3) is 0 Å². The van der Waals surface area contributed by atoms with Gasteiger partial charge in [-0.05, 0) is 42.2 Å². The minimum atomic E-state index is -3.49. The van der Waals surface area contributed by atoms with E-state index in [0.717, 1.165) is 17.5 Å². The monoisotopic (exact) mass is 383 g/mol. The predicted molar refractivity (Wildman–Crippen MR) is 106 cm³/mol. The van der Waals surface area contributed by atoms with Gasteiger partial charge in [0.05, 0.1) is 11.0 Å². The van der Waals surface area contributed by atoms with E-state index in [0.29, 0.717) is 31.1 Å². The lowest BCUT2D eigenvalue weighted by Crippen LogP contribution is -2.49. The lowest BCUT2D eigenvalue weighted by Gasteiger charge is -2.36. The second kappa shape index (κ2) is 8.22. The molecular weight excluding hydrogens is 358 g/mol. The summed E-state index contributed by atoms with van der Waals surface area (Å²) in [6.07, 6.45) is 0.965. The molecule has 6 heteroatoms. The van der Waals surface area contributed by atoms with E-state index in [4.69, 9.17) is 0 Å². The molecule has 1 aliphatic rings. The van der Waals surface area contributed by atoms with Crippen molar-refractivity contribution in [3.8, 4) is 6.07 Å². The minimum Gasteiger partial charge on any atom is -0.282 e. The first-order valence-corrected chi connectivity index (χ1v) is 10.7. The molecular formula is C21H25N3O2S. The number of nitriles is 1. The van der Waals surface area contributed by atoms with Crippen molar-refractivity contribution in [2.45, 2.75) is 31.2 Å². The summed E-state index contributed by atoms with van der Waals surface area (Å²) < 4.78 is 27.3. The van der Waals surface area contributed by atoms with Crippen molar-refractivity contribution in [2.75, 3.05) is 26.2 Å². The number of nitrogens with zero attached hydrogens (tertiary/aromatic N) is 3. The second-order valence-electron chi connectivity index (χ2n) is 6.88. The molecule has 0 aromatic heterocycles. The summed E-state index contributed by atoms with van der Waals surface area (Å²) in [5.41, 5.74) is 3.13. The molecule has 0 N–H and O–H groups in total. The zero-order valence-corrected chi connectivity index (χ0v) is 16.6. The summed E-state index contributed by atoms with van der Waals surface area (Å²) in [5.74, 6) is 0. The lowest BCUT2D eigenvalue weighted by atomic mass is 10.0. The summed E-state index contributed by atoms with van der Waals surface area (Å²) in [6, 6.07) is 17.1. The number of sulfonamides is 1. The van der Waals surface area contributed by atoms with Gasteiger partial charge in [0.1, 0.15) is 6.04 Å². The Bertz CT molecular complexity index is 925. The smallest absolute Gasteiger partial charge is 0.243 e. The van der Waals surface area contributed by atoms with E-state index in [9.17, 15) is 13.7 Å². The molecule has 27 heavy (non-hydrogen) atoms. The summed E-state index contributed by atoms with van der Waals surface area (Å²) in [5, 5.41) is 9.67. The maximum absolute atomic E-state index is 12.9. The normalized spacial score (nSPS) is 17.4. The van der Waals surface area contributed by atoms with Crippen LogP contribution in [0.3, 0.4) is 0 Å². The number of hydrogen-bond acceptors (Lipinski definition) is 4. The fourth-order valence-corrected chi connectivity index (χ4v) is 4.96. The summed E-state index contributed by atoms with van der Waals surface area (Å²) in [7, 11) is -3.49. The fraction of sp³-hybridized carbons (Fsp3) is 0.381. The Morgan fingerprint density at radius 1 is 1.07 bits per heavy atom. The highest BCUT2D eigenvalue weighted by atomic mass is 32.2. The highest BCUT2D eigenvalue weighted by Gasteiger charge is 2.31. The fourth-order valence-electron chi connectivity index (χ4n) is 3.43. The molecule has 0 amide bonds. The maximum Gasteiger partial charge on any atom is 0.243 e. The Morgan fingerprint density at radius 2 is 1.74 bits per heavy atom. The molecule has 0 spiro atoms. The van der Waals surface area contributed by atoms with Crippen molar-refractivity contribution < 1.29 is 8.42 Å². The number of benzene rings is 2. The number of aryl methyl sites for hydroxylation is 2. The zero-order chi connectivity index (χ0) is 19.4. The Kier molecular flexibility index (Phi) is 5.95. The molecule has 0 bridgehead atoms. The number of hydrogen-bond donors (Lipinski definition) is 0. The summed E-state index contributed by atoms with van der Waals surface area (Å²) in [6.45, 7) is 5.85. The van der Waals surface area contributed by atoms with Gasteiger partial charge >= 0.3 is 0 Å². The highest BCUT2D eigenvalue weighted by molar-refractivity contribution is 7.89. The molecule has 1 unspecified atom stereocenters. The largest absolute Gasteiger partial charge is 0.282 e. The zero-order valence-electron chi connectivity index (χ0n) is 15.8. The van der Waals surface area contributed by atoms with Crippen molar-refractivity contribution >= 4 is 10.0 Å². The SMILES string of the molecule is CCc1ccc(C(C#N)N2CCN(S(=O)(=O)c3cccc(C)c3)CC2)cc1. The van der Waals surface area contributed by atoms with Crippen molar-refractivity contribution in [2.24, 2.45) is 0 Å². The third kappa shape index (κ3) is 4.22. The Labute approximate surface area is 161 Å². The third-order valence-corrected chi connectivity index (χ3v) is 6.99. The molecule has 2 aromatic carbocycles. The topological polar surface area (TPSA) is 64.4 Å². The van der Waals surface area contributed by atoms with Gasteiger partial charge in [-0.3, -0.25) is 4.90 Å². The van der Waals surface area contributed by atoms with Gasteiger partial charge in [-0.1, -0.05) is 43.3 Å². The molecule has 0 aliphatic carbocycles. The molecule has 5 nitrogen and oxygen atoms in total. The van der Waals surface area contributed by atoms with Crippen LogP contribution in [0.25, 0.3) is 0 Å². The van der Waals surface area contributed by atoms with Crippen LogP contribution in [0.5, 0.6) is 0 Å². The Morgan fingerprint density at radius 3 is 2.30 bits per heavy atom. The van der Waals surface area contributed by atoms with Crippen LogP contribution >= 0.6 is 0 Å². The van der Waals surface area contributed by atoms with Gasteiger partial charge in [0, 0.05) is 26.2 Å². The van der Waals surface area contributed by atoms with Gasteiger partial charge in [-0.2, -0.15) is 9.57 Å². The van der Waals surface area contributed by atoms with Gasteiger partial charge < -0.3 is 0 Å². The second-order valence-corrected chi connectivity index (χ2v) is 8.82. The summed E-state index contributed by atoms with van der Waals surface area (Å²) >= 11 is 0. The van der Waals surface area contributed by atoms with Crippen LogP contribution in [0.2, 0.25) is 0 Å². The van der Waals surface area contributed by atoms with Gasteiger partial charge in [-0.15, -0.1) is 0 Å². The molecule has 1 fully saturated rings. The van der Waals surface area contributed by atoms with E-state index in [1.165, 1.54) is 9.87 Å².